The number of piperidine rings is 1. The number of aryl methyl sites for hydroxylation is 2. The van der Waals surface area contributed by atoms with Crippen LogP contribution in [0.25, 0.3) is 0 Å². The van der Waals surface area contributed by atoms with E-state index in [1.54, 1.807) is 0 Å². The van der Waals surface area contributed by atoms with E-state index in [0.29, 0.717) is 6.04 Å². The zero-order valence-electron chi connectivity index (χ0n) is 15.7. The third-order valence-corrected chi connectivity index (χ3v) is 6.77. The fourth-order valence-corrected chi connectivity index (χ4v) is 5.27. The van der Waals surface area contributed by atoms with Crippen LogP contribution in [0.1, 0.15) is 54.9 Å². The summed E-state index contributed by atoms with van der Waals surface area (Å²) in [5.74, 6) is 0. The Hall–Kier alpha value is -1.24. The summed E-state index contributed by atoms with van der Waals surface area (Å²) in [7, 11) is 0. The molecule has 4 rings (SSSR count). The van der Waals surface area contributed by atoms with Gasteiger partial charge in [-0.15, -0.1) is 0 Å². The SMILES string of the molecule is CCN1CCCC(NSNC(=O)Nc2c3c(cc4c2CCC4)CCC3)C1. The van der Waals surface area contributed by atoms with Crippen molar-refractivity contribution >= 4 is 23.9 Å². The number of anilines is 1. The van der Waals surface area contributed by atoms with Gasteiger partial charge in [0.05, 0.1) is 0 Å². The Labute approximate surface area is 160 Å². The molecule has 0 spiro atoms. The number of likely N-dealkylation sites (tertiary alicyclic amines) is 1. The van der Waals surface area contributed by atoms with Gasteiger partial charge in [-0.2, -0.15) is 0 Å². The molecule has 5 nitrogen and oxygen atoms in total. The van der Waals surface area contributed by atoms with Crippen LogP contribution in [-0.2, 0) is 25.7 Å². The van der Waals surface area contributed by atoms with Crippen molar-refractivity contribution in [3.05, 3.63) is 28.3 Å². The predicted molar refractivity (Wildman–Crippen MR) is 109 cm³/mol. The maximum Gasteiger partial charge on any atom is 0.330 e. The van der Waals surface area contributed by atoms with Gasteiger partial charge in [0.1, 0.15) is 0 Å². The van der Waals surface area contributed by atoms with Crippen molar-refractivity contribution in [3.8, 4) is 0 Å². The van der Waals surface area contributed by atoms with Crippen molar-refractivity contribution in [3.63, 3.8) is 0 Å². The largest absolute Gasteiger partial charge is 0.330 e. The Morgan fingerprint density at radius 2 is 1.88 bits per heavy atom. The molecule has 1 heterocycles. The number of nitrogens with zero attached hydrogens (tertiary/aromatic N) is 1. The molecule has 0 radical (unpaired) electrons. The molecule has 0 saturated carbocycles. The number of likely N-dealkylation sites (N-methyl/N-ethyl adjacent to an activating group) is 1. The third-order valence-electron chi connectivity index (χ3n) is 6.03. The first-order valence-corrected chi connectivity index (χ1v) is 10.9. The second-order valence-electron chi connectivity index (χ2n) is 7.74. The summed E-state index contributed by atoms with van der Waals surface area (Å²) < 4.78 is 6.34. The molecular formula is C20H30N4OS. The number of carbonyl (C=O) groups is 1. The van der Waals surface area contributed by atoms with Crippen LogP contribution in [0.5, 0.6) is 0 Å². The Morgan fingerprint density at radius 1 is 1.15 bits per heavy atom. The minimum absolute atomic E-state index is 0.111. The highest BCUT2D eigenvalue weighted by Gasteiger charge is 2.25. The molecule has 1 saturated heterocycles. The topological polar surface area (TPSA) is 56.4 Å². The normalized spacial score (nSPS) is 22.1. The first-order valence-electron chi connectivity index (χ1n) is 10.1. The minimum atomic E-state index is -0.111. The van der Waals surface area contributed by atoms with E-state index in [-0.39, 0.29) is 6.03 Å². The van der Waals surface area contributed by atoms with Gasteiger partial charge in [0.2, 0.25) is 0 Å². The van der Waals surface area contributed by atoms with Crippen molar-refractivity contribution in [1.29, 1.82) is 0 Å². The average molecular weight is 375 g/mol. The Kier molecular flexibility index (Phi) is 5.72. The summed E-state index contributed by atoms with van der Waals surface area (Å²) in [6, 6.07) is 2.73. The van der Waals surface area contributed by atoms with Gasteiger partial charge < -0.3 is 10.2 Å². The molecule has 0 aromatic heterocycles. The lowest BCUT2D eigenvalue weighted by Crippen LogP contribution is -2.44. The molecule has 1 unspecified atom stereocenters. The van der Waals surface area contributed by atoms with Crippen LogP contribution in [0.2, 0.25) is 0 Å². The number of hydrogen-bond acceptors (Lipinski definition) is 4. The number of urea groups is 1. The van der Waals surface area contributed by atoms with E-state index < -0.39 is 0 Å². The second-order valence-corrected chi connectivity index (χ2v) is 8.39. The first kappa shape index (κ1) is 18.1. The molecule has 2 amide bonds. The minimum Gasteiger partial charge on any atom is -0.307 e. The summed E-state index contributed by atoms with van der Waals surface area (Å²) in [6.07, 6.45) is 9.32. The highest BCUT2D eigenvalue weighted by molar-refractivity contribution is 7.96. The van der Waals surface area contributed by atoms with E-state index >= 15 is 0 Å². The van der Waals surface area contributed by atoms with Gasteiger partial charge in [-0.3, -0.25) is 4.72 Å². The molecule has 3 N–H and O–H groups in total. The monoisotopic (exact) mass is 374 g/mol. The molecule has 1 atom stereocenters. The van der Waals surface area contributed by atoms with Crippen LogP contribution in [0.4, 0.5) is 10.5 Å². The first-order chi connectivity index (χ1) is 12.7. The Bertz CT molecular complexity index is 646. The smallest absolute Gasteiger partial charge is 0.307 e. The molecule has 0 bridgehead atoms. The maximum atomic E-state index is 12.5. The van der Waals surface area contributed by atoms with Crippen LogP contribution >= 0.6 is 12.1 Å². The molecule has 1 aromatic carbocycles. The number of nitrogens with one attached hydrogen (secondary N) is 3. The van der Waals surface area contributed by atoms with Crippen LogP contribution in [0, 0.1) is 0 Å². The van der Waals surface area contributed by atoms with E-state index in [9.17, 15) is 4.79 Å². The predicted octanol–water partition coefficient (Wildman–Crippen LogP) is 3.42. The summed E-state index contributed by atoms with van der Waals surface area (Å²) in [5, 5.41) is 3.18. The lowest BCUT2D eigenvalue weighted by molar-refractivity contribution is 0.213. The molecule has 1 aromatic rings. The molecule has 3 aliphatic rings. The van der Waals surface area contributed by atoms with Crippen LogP contribution in [0.15, 0.2) is 6.07 Å². The molecule has 1 aliphatic heterocycles. The summed E-state index contributed by atoms with van der Waals surface area (Å²) in [4.78, 5) is 14.9. The van der Waals surface area contributed by atoms with E-state index in [2.05, 4.69) is 32.7 Å². The summed E-state index contributed by atoms with van der Waals surface area (Å²) >= 11 is 1.33. The highest BCUT2D eigenvalue weighted by Crippen LogP contribution is 2.38. The van der Waals surface area contributed by atoms with E-state index in [1.807, 2.05) is 0 Å². The van der Waals surface area contributed by atoms with Gasteiger partial charge in [-0.1, -0.05) is 13.0 Å². The number of fused-ring (bicyclic) bond motifs is 2. The van der Waals surface area contributed by atoms with Crippen molar-refractivity contribution in [2.45, 2.75) is 64.3 Å². The second kappa shape index (κ2) is 8.19. The number of hydrogen-bond donors (Lipinski definition) is 3. The quantitative estimate of drug-likeness (QED) is 0.691. The summed E-state index contributed by atoms with van der Waals surface area (Å²) in [5.41, 5.74) is 6.77. The van der Waals surface area contributed by atoms with Gasteiger partial charge >= 0.3 is 6.03 Å². The van der Waals surface area contributed by atoms with E-state index in [0.717, 1.165) is 44.5 Å². The Balaban J connectivity index is 1.33. The molecule has 2 aliphatic carbocycles. The number of rotatable bonds is 5. The number of amides is 2. The lowest BCUT2D eigenvalue weighted by atomic mass is 9.99. The van der Waals surface area contributed by atoms with Gasteiger partial charge in [-0.25, -0.2) is 9.52 Å². The summed E-state index contributed by atoms with van der Waals surface area (Å²) in [6.45, 7) is 5.56. The highest BCUT2D eigenvalue weighted by atomic mass is 32.2. The van der Waals surface area contributed by atoms with Gasteiger partial charge in [0.25, 0.3) is 0 Å². The number of carbonyl (C=O) groups excluding carboxylic acids is 1. The standard InChI is InChI=1S/C20H30N4OS/c1-2-24-11-5-8-16(13-24)22-26-23-20(25)21-19-17-9-3-6-14(17)12-15-7-4-10-18(15)19/h12,16,22H,2-11,13H2,1H3,(H2,21,23,25). The van der Waals surface area contributed by atoms with Crippen molar-refractivity contribution in [1.82, 2.24) is 14.3 Å². The average Bonchev–Trinajstić information content (AvgIpc) is 3.31. The third kappa shape index (κ3) is 3.87. The van der Waals surface area contributed by atoms with Crippen LogP contribution < -0.4 is 14.8 Å². The van der Waals surface area contributed by atoms with Gasteiger partial charge in [0, 0.05) is 30.4 Å². The van der Waals surface area contributed by atoms with Gasteiger partial charge in [-0.05, 0) is 86.7 Å². The van der Waals surface area contributed by atoms with E-state index in [4.69, 9.17) is 0 Å². The fourth-order valence-electron chi connectivity index (χ4n) is 4.70. The fraction of sp³-hybridized carbons (Fsp3) is 0.650. The van der Waals surface area contributed by atoms with Crippen molar-refractivity contribution < 1.29 is 4.79 Å². The Morgan fingerprint density at radius 3 is 2.58 bits per heavy atom. The van der Waals surface area contributed by atoms with Crippen molar-refractivity contribution in [2.75, 3.05) is 25.0 Å². The lowest BCUT2D eigenvalue weighted by Gasteiger charge is -2.31. The van der Waals surface area contributed by atoms with Crippen LogP contribution in [-0.4, -0.2) is 36.6 Å². The van der Waals surface area contributed by atoms with Gasteiger partial charge in [0.15, 0.2) is 0 Å². The van der Waals surface area contributed by atoms with Crippen LogP contribution in [0.3, 0.4) is 0 Å². The molecule has 26 heavy (non-hydrogen) atoms. The van der Waals surface area contributed by atoms with Crippen molar-refractivity contribution in [2.24, 2.45) is 0 Å². The van der Waals surface area contributed by atoms with E-state index in [1.165, 1.54) is 66.6 Å². The number of benzene rings is 1. The zero-order valence-corrected chi connectivity index (χ0v) is 16.5. The molecular weight excluding hydrogens is 344 g/mol. The molecule has 6 heteroatoms. The zero-order chi connectivity index (χ0) is 17.9. The molecule has 1 fully saturated rings. The maximum absolute atomic E-state index is 12.5. The molecule has 142 valence electrons.